The van der Waals surface area contributed by atoms with Crippen molar-refractivity contribution >= 4 is 11.7 Å². The molecule has 1 amide bonds. The molecular weight excluding hydrogens is 292 g/mol. The number of nitrogens with zero attached hydrogens (tertiary/aromatic N) is 1. The van der Waals surface area contributed by atoms with Gasteiger partial charge in [0.15, 0.2) is 11.5 Å². The maximum atomic E-state index is 12.8. The van der Waals surface area contributed by atoms with Crippen molar-refractivity contribution in [1.82, 2.24) is 4.98 Å². The highest BCUT2D eigenvalue weighted by Crippen LogP contribution is 2.51. The van der Waals surface area contributed by atoms with Crippen LogP contribution in [0.2, 0.25) is 0 Å². The van der Waals surface area contributed by atoms with Crippen LogP contribution in [-0.4, -0.2) is 17.7 Å². The second-order valence-corrected chi connectivity index (χ2v) is 5.97. The first-order chi connectivity index (χ1) is 11.2. The van der Waals surface area contributed by atoms with Gasteiger partial charge in [-0.1, -0.05) is 19.1 Å². The van der Waals surface area contributed by atoms with Gasteiger partial charge in [-0.15, -0.1) is 0 Å². The zero-order valence-corrected chi connectivity index (χ0v) is 13.0. The monoisotopic (exact) mass is 310 g/mol. The number of anilines is 1. The standard InChI is InChI=1S/C18H18N2O3/c1-2-13-4-3-5-16(19-13)20-17(21)18(8-9-18)12-6-7-14-15(10-12)23-11-22-14/h3-7,10H,2,8-9,11H2,1H3,(H,19,20,21). The van der Waals surface area contributed by atoms with Gasteiger partial charge < -0.3 is 14.8 Å². The van der Waals surface area contributed by atoms with Crippen LogP contribution < -0.4 is 14.8 Å². The molecule has 1 aromatic carbocycles. The summed E-state index contributed by atoms with van der Waals surface area (Å²) in [5.74, 6) is 2.06. The summed E-state index contributed by atoms with van der Waals surface area (Å²) >= 11 is 0. The number of aromatic nitrogens is 1. The Bertz CT molecular complexity index is 769. The number of hydrogen-bond acceptors (Lipinski definition) is 4. The number of benzene rings is 1. The molecular formula is C18H18N2O3. The first kappa shape index (κ1) is 14.1. The van der Waals surface area contributed by atoms with Crippen LogP contribution >= 0.6 is 0 Å². The maximum Gasteiger partial charge on any atom is 0.236 e. The largest absolute Gasteiger partial charge is 0.454 e. The lowest BCUT2D eigenvalue weighted by Gasteiger charge is -2.16. The van der Waals surface area contributed by atoms with E-state index in [9.17, 15) is 4.79 Å². The smallest absolute Gasteiger partial charge is 0.236 e. The van der Waals surface area contributed by atoms with Gasteiger partial charge in [0.05, 0.1) is 5.41 Å². The van der Waals surface area contributed by atoms with Gasteiger partial charge in [0.1, 0.15) is 5.82 Å². The highest BCUT2D eigenvalue weighted by molar-refractivity contribution is 6.01. The average Bonchev–Trinajstić information content (AvgIpc) is 3.26. The molecule has 1 aliphatic heterocycles. The first-order valence-corrected chi connectivity index (χ1v) is 7.89. The van der Waals surface area contributed by atoms with Gasteiger partial charge >= 0.3 is 0 Å². The van der Waals surface area contributed by atoms with Crippen LogP contribution in [0, 0.1) is 0 Å². The summed E-state index contributed by atoms with van der Waals surface area (Å²) in [7, 11) is 0. The molecule has 0 bridgehead atoms. The Kier molecular flexibility index (Phi) is 3.22. The second kappa shape index (κ2) is 5.26. The van der Waals surface area contributed by atoms with E-state index in [-0.39, 0.29) is 12.7 Å². The molecule has 0 atom stereocenters. The van der Waals surface area contributed by atoms with Crippen molar-refractivity contribution < 1.29 is 14.3 Å². The van der Waals surface area contributed by atoms with Gasteiger partial charge in [-0.05, 0) is 49.1 Å². The van der Waals surface area contributed by atoms with E-state index in [2.05, 4.69) is 10.3 Å². The van der Waals surface area contributed by atoms with Crippen LogP contribution in [0.3, 0.4) is 0 Å². The van der Waals surface area contributed by atoms with Gasteiger partial charge in [-0.2, -0.15) is 0 Å². The normalized spacial score (nSPS) is 16.9. The molecule has 2 heterocycles. The molecule has 2 aliphatic rings. The Morgan fingerprint density at radius 3 is 2.83 bits per heavy atom. The number of carbonyl (C=O) groups is 1. The van der Waals surface area contributed by atoms with Crippen molar-refractivity contribution in [3.63, 3.8) is 0 Å². The third-order valence-corrected chi connectivity index (χ3v) is 4.52. The lowest BCUT2D eigenvalue weighted by molar-refractivity contribution is -0.118. The molecule has 0 spiro atoms. The average molecular weight is 310 g/mol. The first-order valence-electron chi connectivity index (χ1n) is 7.89. The quantitative estimate of drug-likeness (QED) is 0.943. The summed E-state index contributed by atoms with van der Waals surface area (Å²) in [6, 6.07) is 11.5. The van der Waals surface area contributed by atoms with Crippen LogP contribution in [0.25, 0.3) is 0 Å². The highest BCUT2D eigenvalue weighted by Gasteiger charge is 2.51. The zero-order chi connectivity index (χ0) is 15.9. The molecule has 1 fully saturated rings. The van der Waals surface area contributed by atoms with E-state index in [1.165, 1.54) is 0 Å². The van der Waals surface area contributed by atoms with E-state index in [0.717, 1.165) is 36.3 Å². The lowest BCUT2D eigenvalue weighted by atomic mass is 9.94. The van der Waals surface area contributed by atoms with Crippen LogP contribution in [0.5, 0.6) is 11.5 Å². The van der Waals surface area contributed by atoms with Gasteiger partial charge in [0.2, 0.25) is 12.7 Å². The van der Waals surface area contributed by atoms with Crippen molar-refractivity contribution in [2.45, 2.75) is 31.6 Å². The highest BCUT2D eigenvalue weighted by atomic mass is 16.7. The molecule has 5 nitrogen and oxygen atoms in total. The molecule has 1 aliphatic carbocycles. The number of pyridine rings is 1. The molecule has 0 unspecified atom stereocenters. The van der Waals surface area contributed by atoms with Gasteiger partial charge in [0, 0.05) is 5.69 Å². The van der Waals surface area contributed by atoms with E-state index in [1.807, 2.05) is 43.3 Å². The van der Waals surface area contributed by atoms with Crippen LogP contribution in [0.1, 0.15) is 31.0 Å². The number of nitrogens with one attached hydrogen (secondary N) is 1. The van der Waals surface area contributed by atoms with E-state index in [4.69, 9.17) is 9.47 Å². The molecule has 1 saturated carbocycles. The Labute approximate surface area is 134 Å². The summed E-state index contributed by atoms with van der Waals surface area (Å²) < 4.78 is 10.8. The molecule has 0 saturated heterocycles. The van der Waals surface area contributed by atoms with Gasteiger partial charge in [0.25, 0.3) is 0 Å². The lowest BCUT2D eigenvalue weighted by Crippen LogP contribution is -2.28. The molecule has 2 aromatic rings. The number of hydrogen-bond donors (Lipinski definition) is 1. The summed E-state index contributed by atoms with van der Waals surface area (Å²) in [6.07, 6.45) is 2.52. The van der Waals surface area contributed by atoms with Crippen LogP contribution in [0.4, 0.5) is 5.82 Å². The van der Waals surface area contributed by atoms with Crippen molar-refractivity contribution in [2.75, 3.05) is 12.1 Å². The predicted molar refractivity (Wildman–Crippen MR) is 85.7 cm³/mol. The number of amides is 1. The summed E-state index contributed by atoms with van der Waals surface area (Å²) in [6.45, 7) is 2.29. The molecule has 1 N–H and O–H groups in total. The summed E-state index contributed by atoms with van der Waals surface area (Å²) in [5.41, 5.74) is 1.48. The molecule has 4 rings (SSSR count). The SMILES string of the molecule is CCc1cccc(NC(=O)C2(c3ccc4c(c3)OCO4)CC2)n1. The minimum atomic E-state index is -0.467. The molecule has 118 valence electrons. The van der Waals surface area contributed by atoms with E-state index < -0.39 is 5.41 Å². The van der Waals surface area contributed by atoms with Crippen LogP contribution in [-0.2, 0) is 16.6 Å². The third kappa shape index (κ3) is 2.42. The molecule has 5 heteroatoms. The minimum absolute atomic E-state index is 0.00267. The number of rotatable bonds is 4. The molecule has 1 aromatic heterocycles. The zero-order valence-electron chi connectivity index (χ0n) is 13.0. The van der Waals surface area contributed by atoms with Crippen molar-refractivity contribution in [3.05, 3.63) is 47.7 Å². The maximum absolute atomic E-state index is 12.8. The van der Waals surface area contributed by atoms with Gasteiger partial charge in [-0.25, -0.2) is 4.98 Å². The van der Waals surface area contributed by atoms with Gasteiger partial charge in [-0.3, -0.25) is 4.79 Å². The summed E-state index contributed by atoms with van der Waals surface area (Å²) in [4.78, 5) is 17.2. The number of ether oxygens (including phenoxy) is 2. The Balaban J connectivity index is 1.57. The predicted octanol–water partition coefficient (Wildman–Crippen LogP) is 3.04. The van der Waals surface area contributed by atoms with Crippen molar-refractivity contribution in [1.29, 1.82) is 0 Å². The van der Waals surface area contributed by atoms with Crippen LogP contribution in [0.15, 0.2) is 36.4 Å². The Morgan fingerprint density at radius 2 is 2.04 bits per heavy atom. The topological polar surface area (TPSA) is 60.5 Å². The number of carbonyl (C=O) groups excluding carboxylic acids is 1. The fourth-order valence-electron chi connectivity index (χ4n) is 2.95. The Morgan fingerprint density at radius 1 is 1.22 bits per heavy atom. The molecule has 0 radical (unpaired) electrons. The third-order valence-electron chi connectivity index (χ3n) is 4.52. The van der Waals surface area contributed by atoms with E-state index in [0.29, 0.717) is 11.6 Å². The van der Waals surface area contributed by atoms with E-state index >= 15 is 0 Å². The van der Waals surface area contributed by atoms with Crippen molar-refractivity contribution in [3.8, 4) is 11.5 Å². The Hall–Kier alpha value is -2.56. The second-order valence-electron chi connectivity index (χ2n) is 5.97. The molecule has 23 heavy (non-hydrogen) atoms. The number of fused-ring (bicyclic) bond motifs is 1. The fraction of sp³-hybridized carbons (Fsp3) is 0.333. The van der Waals surface area contributed by atoms with E-state index in [1.54, 1.807) is 0 Å². The van der Waals surface area contributed by atoms with Crippen molar-refractivity contribution in [2.24, 2.45) is 0 Å². The summed E-state index contributed by atoms with van der Waals surface area (Å²) in [5, 5.41) is 2.96. The minimum Gasteiger partial charge on any atom is -0.454 e. The fourth-order valence-corrected chi connectivity index (χ4v) is 2.95. The number of aryl methyl sites for hydroxylation is 1.